The fourth-order valence-corrected chi connectivity index (χ4v) is 1.08. The highest BCUT2D eigenvalue weighted by Crippen LogP contribution is 2.08. The van der Waals surface area contributed by atoms with Crippen molar-refractivity contribution in [3.8, 4) is 0 Å². The van der Waals surface area contributed by atoms with Crippen molar-refractivity contribution in [2.75, 3.05) is 6.54 Å². The van der Waals surface area contributed by atoms with Crippen molar-refractivity contribution in [2.45, 2.75) is 45.4 Å². The summed E-state index contributed by atoms with van der Waals surface area (Å²) in [5, 5.41) is 12.7. The smallest absolute Gasteiger partial charge is 0.0864 e. The monoisotopic (exact) mass is 160 g/mol. The lowest BCUT2D eigenvalue weighted by Gasteiger charge is -2.31. The molecule has 0 bridgehead atoms. The van der Waals surface area contributed by atoms with Crippen LogP contribution in [0.5, 0.6) is 0 Å². The predicted octanol–water partition coefficient (Wildman–Crippen LogP) is 0.0826. The zero-order valence-electron chi connectivity index (χ0n) is 7.89. The molecule has 68 valence electrons. The van der Waals surface area contributed by atoms with E-state index in [0.29, 0.717) is 0 Å². The van der Waals surface area contributed by atoms with E-state index in [1.165, 1.54) is 0 Å². The van der Waals surface area contributed by atoms with Gasteiger partial charge in [0.25, 0.3) is 0 Å². The number of hydrogen-bond acceptors (Lipinski definition) is 3. The molecule has 0 aromatic heterocycles. The number of nitrogens with two attached hydrogens (primary N) is 1. The van der Waals surface area contributed by atoms with Gasteiger partial charge in [0.2, 0.25) is 0 Å². The van der Waals surface area contributed by atoms with E-state index in [4.69, 9.17) is 5.73 Å². The Morgan fingerprint density at radius 2 is 2.00 bits per heavy atom. The average molecular weight is 160 g/mol. The lowest BCUT2D eigenvalue weighted by Crippen LogP contribution is -2.54. The zero-order chi connectivity index (χ0) is 9.07. The van der Waals surface area contributed by atoms with Crippen LogP contribution in [0.3, 0.4) is 0 Å². The summed E-state index contributed by atoms with van der Waals surface area (Å²) in [6.07, 6.45) is -0.498. The molecule has 0 saturated heterocycles. The summed E-state index contributed by atoms with van der Waals surface area (Å²) in [5.41, 5.74) is 5.19. The van der Waals surface area contributed by atoms with Crippen molar-refractivity contribution in [3.63, 3.8) is 0 Å². The molecule has 3 heteroatoms. The van der Waals surface area contributed by atoms with Crippen molar-refractivity contribution < 1.29 is 5.11 Å². The Bertz CT molecular complexity index is 109. The van der Waals surface area contributed by atoms with Crippen LogP contribution in [0.25, 0.3) is 0 Å². The molecule has 4 N–H and O–H groups in total. The lowest BCUT2D eigenvalue weighted by molar-refractivity contribution is 0.0719. The third-order valence-corrected chi connectivity index (χ3v) is 1.76. The minimum atomic E-state index is -0.526. The second-order valence-electron chi connectivity index (χ2n) is 3.61. The summed E-state index contributed by atoms with van der Waals surface area (Å²) >= 11 is 0. The van der Waals surface area contributed by atoms with Gasteiger partial charge in [-0.1, -0.05) is 6.92 Å². The third kappa shape index (κ3) is 3.70. The maximum Gasteiger partial charge on any atom is 0.0864 e. The molecule has 0 radical (unpaired) electrons. The van der Waals surface area contributed by atoms with Gasteiger partial charge in [0.15, 0.2) is 0 Å². The van der Waals surface area contributed by atoms with E-state index < -0.39 is 11.6 Å². The maximum absolute atomic E-state index is 9.60. The van der Waals surface area contributed by atoms with Gasteiger partial charge in [-0.15, -0.1) is 0 Å². The van der Waals surface area contributed by atoms with Gasteiger partial charge in [-0.2, -0.15) is 0 Å². The van der Waals surface area contributed by atoms with Gasteiger partial charge in [0, 0.05) is 11.6 Å². The Kier molecular flexibility index (Phi) is 4.00. The SMILES string of the molecule is CCNC(C)C(O)C(C)(C)N. The minimum absolute atomic E-state index is 0.0556. The quantitative estimate of drug-likeness (QED) is 0.546. The molecule has 0 fully saturated rings. The van der Waals surface area contributed by atoms with Gasteiger partial charge in [0.05, 0.1) is 6.10 Å². The number of nitrogens with one attached hydrogen (secondary N) is 1. The van der Waals surface area contributed by atoms with E-state index in [1.54, 1.807) is 0 Å². The van der Waals surface area contributed by atoms with Crippen LogP contribution in [0.1, 0.15) is 27.7 Å². The molecular formula is C8H20N2O. The Morgan fingerprint density at radius 3 is 2.27 bits per heavy atom. The summed E-state index contributed by atoms with van der Waals surface area (Å²) < 4.78 is 0. The van der Waals surface area contributed by atoms with E-state index in [9.17, 15) is 5.11 Å². The Labute approximate surface area is 69.0 Å². The zero-order valence-corrected chi connectivity index (χ0v) is 7.89. The van der Waals surface area contributed by atoms with Crippen LogP contribution in [0.4, 0.5) is 0 Å². The Balaban J connectivity index is 3.91. The molecule has 11 heavy (non-hydrogen) atoms. The van der Waals surface area contributed by atoms with Gasteiger partial charge in [-0.25, -0.2) is 0 Å². The highest BCUT2D eigenvalue weighted by molar-refractivity contribution is 4.88. The van der Waals surface area contributed by atoms with Crippen LogP contribution in [-0.4, -0.2) is 29.3 Å². The largest absolute Gasteiger partial charge is 0.390 e. The van der Waals surface area contributed by atoms with Crippen LogP contribution in [0.2, 0.25) is 0 Å². The molecule has 0 aromatic rings. The molecule has 0 rings (SSSR count). The molecule has 0 spiro atoms. The van der Waals surface area contributed by atoms with Gasteiger partial charge in [-0.3, -0.25) is 0 Å². The number of aliphatic hydroxyl groups is 1. The molecular weight excluding hydrogens is 140 g/mol. The number of likely N-dealkylation sites (N-methyl/N-ethyl adjacent to an activating group) is 1. The van der Waals surface area contributed by atoms with E-state index in [2.05, 4.69) is 5.32 Å². The predicted molar refractivity (Wildman–Crippen MR) is 47.4 cm³/mol. The van der Waals surface area contributed by atoms with E-state index in [0.717, 1.165) is 6.54 Å². The van der Waals surface area contributed by atoms with E-state index in [1.807, 2.05) is 27.7 Å². The molecule has 0 amide bonds. The molecule has 0 aromatic carbocycles. The fourth-order valence-electron chi connectivity index (χ4n) is 1.08. The summed E-state index contributed by atoms with van der Waals surface area (Å²) in [6, 6.07) is 0.0556. The van der Waals surface area contributed by atoms with Crippen LogP contribution in [0, 0.1) is 0 Å². The second-order valence-corrected chi connectivity index (χ2v) is 3.61. The second kappa shape index (κ2) is 4.04. The molecule has 0 heterocycles. The highest BCUT2D eigenvalue weighted by Gasteiger charge is 2.27. The van der Waals surface area contributed by atoms with Crippen LogP contribution in [-0.2, 0) is 0 Å². The normalized spacial score (nSPS) is 18.0. The standard InChI is InChI=1S/C8H20N2O/c1-5-10-6(2)7(11)8(3,4)9/h6-7,10-11H,5,9H2,1-4H3. The summed E-state index contributed by atoms with van der Waals surface area (Å²) in [7, 11) is 0. The molecule has 0 saturated carbocycles. The van der Waals surface area contributed by atoms with Gasteiger partial charge in [-0.05, 0) is 27.3 Å². The molecule has 0 aliphatic rings. The summed E-state index contributed by atoms with van der Waals surface area (Å²) in [4.78, 5) is 0. The van der Waals surface area contributed by atoms with Gasteiger partial charge in [0.1, 0.15) is 0 Å². The number of hydrogen-bond donors (Lipinski definition) is 3. The highest BCUT2D eigenvalue weighted by atomic mass is 16.3. The molecule has 2 atom stereocenters. The summed E-state index contributed by atoms with van der Waals surface area (Å²) in [6.45, 7) is 8.45. The first-order chi connectivity index (χ1) is 4.89. The van der Waals surface area contributed by atoms with Crippen molar-refractivity contribution in [1.29, 1.82) is 0 Å². The summed E-state index contributed by atoms with van der Waals surface area (Å²) in [5.74, 6) is 0. The van der Waals surface area contributed by atoms with Crippen molar-refractivity contribution >= 4 is 0 Å². The van der Waals surface area contributed by atoms with Gasteiger partial charge < -0.3 is 16.2 Å². The van der Waals surface area contributed by atoms with E-state index in [-0.39, 0.29) is 6.04 Å². The van der Waals surface area contributed by atoms with Crippen LogP contribution in [0.15, 0.2) is 0 Å². The lowest BCUT2D eigenvalue weighted by atomic mass is 9.93. The van der Waals surface area contributed by atoms with Crippen LogP contribution >= 0.6 is 0 Å². The van der Waals surface area contributed by atoms with Gasteiger partial charge >= 0.3 is 0 Å². The first kappa shape index (κ1) is 10.9. The van der Waals surface area contributed by atoms with Crippen LogP contribution < -0.4 is 11.1 Å². The van der Waals surface area contributed by atoms with E-state index >= 15 is 0 Å². The van der Waals surface area contributed by atoms with Crippen molar-refractivity contribution in [1.82, 2.24) is 5.32 Å². The topological polar surface area (TPSA) is 58.3 Å². The number of rotatable bonds is 4. The van der Waals surface area contributed by atoms with Crippen molar-refractivity contribution in [3.05, 3.63) is 0 Å². The third-order valence-electron chi connectivity index (χ3n) is 1.76. The Hall–Kier alpha value is -0.120. The molecule has 2 unspecified atom stereocenters. The Morgan fingerprint density at radius 1 is 1.55 bits per heavy atom. The van der Waals surface area contributed by atoms with Crippen molar-refractivity contribution in [2.24, 2.45) is 5.73 Å². The molecule has 3 nitrogen and oxygen atoms in total. The maximum atomic E-state index is 9.60. The fraction of sp³-hybridized carbons (Fsp3) is 1.00. The first-order valence-corrected chi connectivity index (χ1v) is 4.10. The number of aliphatic hydroxyl groups excluding tert-OH is 1. The average Bonchev–Trinajstić information content (AvgIpc) is 1.85. The minimum Gasteiger partial charge on any atom is -0.390 e. The molecule has 0 aliphatic carbocycles. The first-order valence-electron chi connectivity index (χ1n) is 4.10. The molecule has 0 aliphatic heterocycles.